The summed E-state index contributed by atoms with van der Waals surface area (Å²) in [5, 5.41) is 12.2. The minimum Gasteiger partial charge on any atom is -0.278 e. The number of hydrogen-bond acceptors (Lipinski definition) is 3. The van der Waals surface area contributed by atoms with Crippen molar-refractivity contribution in [2.75, 3.05) is 0 Å². The van der Waals surface area contributed by atoms with Crippen LogP contribution in [0.25, 0.3) is 72.5 Å². The van der Waals surface area contributed by atoms with Crippen molar-refractivity contribution in [2.24, 2.45) is 0 Å². The second-order valence-corrected chi connectivity index (χ2v) is 11.0. The summed E-state index contributed by atoms with van der Waals surface area (Å²) < 4.78 is 2.15. The van der Waals surface area contributed by atoms with Crippen LogP contribution in [0.15, 0.2) is 158 Å². The van der Waals surface area contributed by atoms with Crippen molar-refractivity contribution in [1.29, 1.82) is 5.26 Å². The van der Waals surface area contributed by atoms with Crippen LogP contribution in [0, 0.1) is 11.3 Å². The molecule has 0 atom stereocenters. The van der Waals surface area contributed by atoms with E-state index in [-0.39, 0.29) is 0 Å². The molecule has 0 aliphatic heterocycles. The van der Waals surface area contributed by atoms with Gasteiger partial charge in [0.25, 0.3) is 0 Å². The first-order valence-corrected chi connectivity index (χ1v) is 14.9. The third kappa shape index (κ3) is 4.74. The van der Waals surface area contributed by atoms with Gasteiger partial charge in [-0.1, -0.05) is 121 Å². The van der Waals surface area contributed by atoms with Crippen molar-refractivity contribution in [3.8, 4) is 56.8 Å². The summed E-state index contributed by atoms with van der Waals surface area (Å²) in [6.45, 7) is 0. The minimum absolute atomic E-state index is 0.555. The first kappa shape index (κ1) is 26.3. The highest BCUT2D eigenvalue weighted by Gasteiger charge is 2.19. The number of hydrogen-bond donors (Lipinski definition) is 0. The molecule has 0 fully saturated rings. The van der Waals surface area contributed by atoms with Gasteiger partial charge in [-0.05, 0) is 58.7 Å². The Morgan fingerprint density at radius 2 is 0.933 bits per heavy atom. The third-order valence-electron chi connectivity index (χ3n) is 8.29. The van der Waals surface area contributed by atoms with Gasteiger partial charge >= 0.3 is 0 Å². The standard InChI is InChI=1S/C41H26N4/c42-27-33-18-10-11-19-34(33)38-26-37(30-16-8-3-9-17-30)43-41(44-38)45-39-22-20-31(28-12-4-1-5-13-28)24-35(39)36-25-32(21-23-40(36)45)29-14-6-2-7-15-29/h1-26H. The summed E-state index contributed by atoms with van der Waals surface area (Å²) in [5.74, 6) is 0.555. The highest BCUT2D eigenvalue weighted by Crippen LogP contribution is 2.37. The molecule has 4 heteroatoms. The Kier molecular flexibility index (Phi) is 6.48. The summed E-state index contributed by atoms with van der Waals surface area (Å²) in [6, 6.07) is 56.2. The van der Waals surface area contributed by atoms with Gasteiger partial charge in [0.1, 0.15) is 0 Å². The lowest BCUT2D eigenvalue weighted by Gasteiger charge is -2.12. The molecule has 8 rings (SSSR count). The molecule has 4 nitrogen and oxygen atoms in total. The van der Waals surface area contributed by atoms with E-state index in [9.17, 15) is 5.26 Å². The highest BCUT2D eigenvalue weighted by molar-refractivity contribution is 6.11. The van der Waals surface area contributed by atoms with E-state index in [2.05, 4.69) is 108 Å². The molecule has 210 valence electrons. The normalized spacial score (nSPS) is 11.1. The van der Waals surface area contributed by atoms with E-state index in [4.69, 9.17) is 9.97 Å². The minimum atomic E-state index is 0.555. The van der Waals surface area contributed by atoms with Crippen LogP contribution in [0.3, 0.4) is 0 Å². The predicted octanol–water partition coefficient (Wildman–Crippen LogP) is 10.1. The van der Waals surface area contributed by atoms with Gasteiger partial charge in [-0.2, -0.15) is 5.26 Å². The Bertz CT molecular complexity index is 2270. The number of nitriles is 1. The first-order valence-electron chi connectivity index (χ1n) is 14.9. The Morgan fingerprint density at radius 1 is 0.444 bits per heavy atom. The molecule has 0 radical (unpaired) electrons. The number of nitrogens with zero attached hydrogens (tertiary/aromatic N) is 4. The average molecular weight is 575 g/mol. The van der Waals surface area contributed by atoms with E-state index in [1.54, 1.807) is 0 Å². The third-order valence-corrected chi connectivity index (χ3v) is 8.29. The fourth-order valence-corrected chi connectivity index (χ4v) is 6.09. The topological polar surface area (TPSA) is 54.5 Å². The van der Waals surface area contributed by atoms with Gasteiger partial charge in [-0.25, -0.2) is 9.97 Å². The Hall–Kier alpha value is -6.31. The molecule has 0 saturated heterocycles. The van der Waals surface area contributed by atoms with Crippen LogP contribution < -0.4 is 0 Å². The molecule has 0 aliphatic carbocycles. The van der Waals surface area contributed by atoms with Crippen molar-refractivity contribution < 1.29 is 0 Å². The Morgan fingerprint density at radius 3 is 1.49 bits per heavy atom. The summed E-state index contributed by atoms with van der Waals surface area (Å²) in [5.41, 5.74) is 10.5. The van der Waals surface area contributed by atoms with E-state index in [1.165, 1.54) is 0 Å². The van der Waals surface area contributed by atoms with Crippen molar-refractivity contribution in [2.45, 2.75) is 0 Å². The molecular formula is C41H26N4. The number of benzene rings is 6. The van der Waals surface area contributed by atoms with Crippen LogP contribution >= 0.6 is 0 Å². The van der Waals surface area contributed by atoms with Gasteiger partial charge in [0, 0.05) is 21.9 Å². The molecule has 0 bridgehead atoms. The monoisotopic (exact) mass is 574 g/mol. The van der Waals surface area contributed by atoms with Crippen molar-refractivity contribution >= 4 is 21.8 Å². The van der Waals surface area contributed by atoms with E-state index in [1.807, 2.05) is 60.7 Å². The fraction of sp³-hybridized carbons (Fsp3) is 0. The molecule has 2 heterocycles. The summed E-state index contributed by atoms with van der Waals surface area (Å²) in [4.78, 5) is 10.3. The molecule has 2 aromatic heterocycles. The van der Waals surface area contributed by atoms with Crippen LogP contribution in [0.5, 0.6) is 0 Å². The fourth-order valence-electron chi connectivity index (χ4n) is 6.09. The number of rotatable bonds is 5. The summed E-state index contributed by atoms with van der Waals surface area (Å²) in [6.07, 6.45) is 0. The van der Waals surface area contributed by atoms with E-state index in [0.29, 0.717) is 17.2 Å². The van der Waals surface area contributed by atoms with Crippen molar-refractivity contribution in [3.63, 3.8) is 0 Å². The number of aromatic nitrogens is 3. The number of fused-ring (bicyclic) bond motifs is 3. The average Bonchev–Trinajstić information content (AvgIpc) is 3.45. The molecular weight excluding hydrogens is 548 g/mol. The Labute approximate surface area is 261 Å². The zero-order valence-electron chi connectivity index (χ0n) is 24.3. The zero-order chi connectivity index (χ0) is 30.2. The lowest BCUT2D eigenvalue weighted by molar-refractivity contribution is 0.995. The maximum absolute atomic E-state index is 9.94. The SMILES string of the molecule is N#Cc1ccccc1-c1cc(-c2ccccc2)nc(-n2c3ccc(-c4ccccc4)cc3c3cc(-c4ccccc4)ccc32)n1. The van der Waals surface area contributed by atoms with E-state index >= 15 is 0 Å². The molecule has 0 N–H and O–H groups in total. The molecule has 8 aromatic rings. The lowest BCUT2D eigenvalue weighted by Crippen LogP contribution is -2.04. The Balaban J connectivity index is 1.43. The first-order chi connectivity index (χ1) is 22.3. The van der Waals surface area contributed by atoms with Gasteiger partial charge in [0.2, 0.25) is 5.95 Å². The van der Waals surface area contributed by atoms with Gasteiger partial charge in [-0.3, -0.25) is 4.57 Å². The van der Waals surface area contributed by atoms with Crippen molar-refractivity contribution in [1.82, 2.24) is 14.5 Å². The second-order valence-electron chi connectivity index (χ2n) is 11.0. The molecule has 45 heavy (non-hydrogen) atoms. The highest BCUT2D eigenvalue weighted by atomic mass is 15.2. The molecule has 6 aromatic carbocycles. The van der Waals surface area contributed by atoms with Crippen LogP contribution in [-0.2, 0) is 0 Å². The maximum Gasteiger partial charge on any atom is 0.235 e. The van der Waals surface area contributed by atoms with Gasteiger partial charge in [-0.15, -0.1) is 0 Å². The summed E-state index contributed by atoms with van der Waals surface area (Å²) >= 11 is 0. The van der Waals surface area contributed by atoms with Crippen LogP contribution in [0.4, 0.5) is 0 Å². The van der Waals surface area contributed by atoms with Crippen LogP contribution in [-0.4, -0.2) is 14.5 Å². The largest absolute Gasteiger partial charge is 0.278 e. The molecule has 0 aliphatic rings. The van der Waals surface area contributed by atoms with Crippen LogP contribution in [0.1, 0.15) is 5.56 Å². The van der Waals surface area contributed by atoms with Crippen LogP contribution in [0.2, 0.25) is 0 Å². The lowest BCUT2D eigenvalue weighted by atomic mass is 10.0. The zero-order valence-corrected chi connectivity index (χ0v) is 24.3. The van der Waals surface area contributed by atoms with Crippen molar-refractivity contribution in [3.05, 3.63) is 163 Å². The molecule has 0 amide bonds. The quantitative estimate of drug-likeness (QED) is 0.205. The van der Waals surface area contributed by atoms with E-state index in [0.717, 1.165) is 60.9 Å². The smallest absolute Gasteiger partial charge is 0.235 e. The van der Waals surface area contributed by atoms with Gasteiger partial charge in [0.05, 0.1) is 34.1 Å². The summed E-state index contributed by atoms with van der Waals surface area (Å²) in [7, 11) is 0. The van der Waals surface area contributed by atoms with Gasteiger partial charge in [0.15, 0.2) is 0 Å². The second kappa shape index (κ2) is 11.1. The molecule has 0 unspecified atom stereocenters. The predicted molar refractivity (Wildman–Crippen MR) is 183 cm³/mol. The van der Waals surface area contributed by atoms with E-state index < -0.39 is 0 Å². The van der Waals surface area contributed by atoms with Gasteiger partial charge < -0.3 is 0 Å². The molecule has 0 saturated carbocycles. The molecule has 0 spiro atoms. The maximum atomic E-state index is 9.94.